The highest BCUT2D eigenvalue weighted by Crippen LogP contribution is 2.26. The van der Waals surface area contributed by atoms with Crippen LogP contribution >= 0.6 is 11.3 Å². The summed E-state index contributed by atoms with van der Waals surface area (Å²) in [5, 5.41) is 14.7. The van der Waals surface area contributed by atoms with Crippen LogP contribution in [0.2, 0.25) is 0 Å². The molecule has 2 aromatic heterocycles. The summed E-state index contributed by atoms with van der Waals surface area (Å²) >= 11 is 1.69. The van der Waals surface area contributed by atoms with Crippen molar-refractivity contribution in [3.05, 3.63) is 34.3 Å². The molecule has 0 radical (unpaired) electrons. The quantitative estimate of drug-likeness (QED) is 0.865. The Hall–Kier alpha value is -1.69. The second-order valence-corrected chi connectivity index (χ2v) is 5.35. The average Bonchev–Trinajstić information content (AvgIpc) is 2.97. The Balaban J connectivity index is 1.96. The number of nitrogens with one attached hydrogen (secondary N) is 2. The van der Waals surface area contributed by atoms with Crippen LogP contribution in [-0.4, -0.2) is 27.9 Å². The van der Waals surface area contributed by atoms with Gasteiger partial charge in [-0.15, -0.1) is 11.3 Å². The van der Waals surface area contributed by atoms with E-state index in [9.17, 15) is 4.79 Å². The molecule has 2 rings (SSSR count). The predicted molar refractivity (Wildman–Crippen MR) is 66.1 cm³/mol. The summed E-state index contributed by atoms with van der Waals surface area (Å²) in [7, 11) is 0. The summed E-state index contributed by atoms with van der Waals surface area (Å²) in [5.74, 6) is -0.205. The zero-order valence-electron chi connectivity index (χ0n) is 9.73. The third kappa shape index (κ3) is 2.71. The third-order valence-corrected chi connectivity index (χ3v) is 3.76. The predicted octanol–water partition coefficient (Wildman–Crippen LogP) is 1.57. The van der Waals surface area contributed by atoms with Gasteiger partial charge >= 0.3 is 0 Å². The number of aromatic nitrogens is 3. The molecule has 17 heavy (non-hydrogen) atoms. The van der Waals surface area contributed by atoms with Crippen LogP contribution in [0.4, 0.5) is 0 Å². The second kappa shape index (κ2) is 4.67. The van der Waals surface area contributed by atoms with E-state index in [4.69, 9.17) is 0 Å². The molecule has 0 spiro atoms. The molecule has 5 nitrogen and oxygen atoms in total. The number of aromatic amines is 1. The molecule has 0 saturated carbocycles. The van der Waals surface area contributed by atoms with Gasteiger partial charge in [0.1, 0.15) is 0 Å². The zero-order chi connectivity index (χ0) is 12.3. The third-order valence-electron chi connectivity index (χ3n) is 2.53. The van der Waals surface area contributed by atoms with E-state index in [-0.39, 0.29) is 11.3 Å². The molecule has 2 heterocycles. The summed E-state index contributed by atoms with van der Waals surface area (Å²) < 4.78 is 0. The first kappa shape index (κ1) is 11.8. The molecule has 0 atom stereocenters. The Morgan fingerprint density at radius 3 is 3.00 bits per heavy atom. The number of carbonyl (C=O) groups is 1. The first-order chi connectivity index (χ1) is 8.09. The van der Waals surface area contributed by atoms with Gasteiger partial charge in [-0.3, -0.25) is 4.79 Å². The summed E-state index contributed by atoms with van der Waals surface area (Å²) in [6, 6.07) is 4.09. The first-order valence-electron chi connectivity index (χ1n) is 5.27. The van der Waals surface area contributed by atoms with Gasteiger partial charge in [-0.1, -0.05) is 19.9 Å². The van der Waals surface area contributed by atoms with Crippen LogP contribution in [0.5, 0.6) is 0 Å². The standard InChI is InChI=1S/C11H14N4OS/c1-11(2,9-4-3-5-17-9)7-12-10(16)8-6-13-15-14-8/h3-6H,7H2,1-2H3,(H,12,16)(H,13,14,15). The summed E-state index contributed by atoms with van der Waals surface area (Å²) in [6.45, 7) is 4.77. The molecule has 0 bridgehead atoms. The maximum absolute atomic E-state index is 11.7. The molecule has 1 amide bonds. The molecule has 0 saturated heterocycles. The Kier molecular flexibility index (Phi) is 3.23. The van der Waals surface area contributed by atoms with Gasteiger partial charge in [0.2, 0.25) is 0 Å². The number of amides is 1. The highest BCUT2D eigenvalue weighted by Gasteiger charge is 2.23. The zero-order valence-corrected chi connectivity index (χ0v) is 10.5. The van der Waals surface area contributed by atoms with Crippen LogP contribution < -0.4 is 5.32 Å². The number of thiophene rings is 1. The first-order valence-corrected chi connectivity index (χ1v) is 6.15. The number of hydrogen-bond donors (Lipinski definition) is 2. The fraction of sp³-hybridized carbons (Fsp3) is 0.364. The van der Waals surface area contributed by atoms with E-state index in [0.29, 0.717) is 12.2 Å². The van der Waals surface area contributed by atoms with Gasteiger partial charge in [0.05, 0.1) is 6.20 Å². The van der Waals surface area contributed by atoms with Gasteiger partial charge in [0.25, 0.3) is 5.91 Å². The van der Waals surface area contributed by atoms with Crippen LogP contribution in [0.15, 0.2) is 23.7 Å². The van der Waals surface area contributed by atoms with Crippen LogP contribution in [0, 0.1) is 0 Å². The van der Waals surface area contributed by atoms with Crippen molar-refractivity contribution in [2.45, 2.75) is 19.3 Å². The summed E-state index contributed by atoms with van der Waals surface area (Å²) in [4.78, 5) is 12.9. The van der Waals surface area contributed by atoms with E-state index in [1.165, 1.54) is 11.1 Å². The molecule has 90 valence electrons. The van der Waals surface area contributed by atoms with Gasteiger partial charge < -0.3 is 5.32 Å². The summed E-state index contributed by atoms with van der Waals surface area (Å²) in [6.07, 6.45) is 1.41. The van der Waals surface area contributed by atoms with Crippen molar-refractivity contribution in [3.8, 4) is 0 Å². The lowest BCUT2D eigenvalue weighted by molar-refractivity contribution is 0.0941. The van der Waals surface area contributed by atoms with Gasteiger partial charge in [0, 0.05) is 16.8 Å². The minimum Gasteiger partial charge on any atom is -0.350 e. The van der Waals surface area contributed by atoms with Gasteiger partial charge in [-0.05, 0) is 11.4 Å². The lowest BCUT2D eigenvalue weighted by Crippen LogP contribution is -2.36. The van der Waals surface area contributed by atoms with E-state index >= 15 is 0 Å². The maximum Gasteiger partial charge on any atom is 0.273 e. The number of nitrogens with zero attached hydrogens (tertiary/aromatic N) is 2. The molecular weight excluding hydrogens is 236 g/mol. The maximum atomic E-state index is 11.7. The fourth-order valence-electron chi connectivity index (χ4n) is 1.45. The second-order valence-electron chi connectivity index (χ2n) is 4.40. The van der Waals surface area contributed by atoms with Gasteiger partial charge in [0.15, 0.2) is 5.69 Å². The van der Waals surface area contributed by atoms with Crippen LogP contribution in [-0.2, 0) is 5.41 Å². The molecule has 0 aromatic carbocycles. The molecule has 0 aliphatic carbocycles. The van der Waals surface area contributed by atoms with Crippen molar-refractivity contribution in [2.75, 3.05) is 6.54 Å². The normalized spacial score (nSPS) is 11.4. The molecule has 2 N–H and O–H groups in total. The van der Waals surface area contributed by atoms with Crippen molar-refractivity contribution in [1.82, 2.24) is 20.7 Å². The van der Waals surface area contributed by atoms with Crippen LogP contribution in [0.3, 0.4) is 0 Å². The van der Waals surface area contributed by atoms with Gasteiger partial charge in [-0.25, -0.2) is 0 Å². The fourth-order valence-corrected chi connectivity index (χ4v) is 2.31. The topological polar surface area (TPSA) is 70.7 Å². The smallest absolute Gasteiger partial charge is 0.273 e. The molecule has 0 aliphatic rings. The highest BCUT2D eigenvalue weighted by atomic mass is 32.1. The largest absolute Gasteiger partial charge is 0.350 e. The number of hydrogen-bond acceptors (Lipinski definition) is 4. The highest BCUT2D eigenvalue weighted by molar-refractivity contribution is 7.10. The number of H-pyrrole nitrogens is 1. The number of rotatable bonds is 4. The minimum absolute atomic E-state index is 0.0758. The summed E-state index contributed by atoms with van der Waals surface area (Å²) in [5.41, 5.74) is 0.236. The van der Waals surface area contributed by atoms with E-state index in [2.05, 4.69) is 40.6 Å². The Bertz CT molecular complexity index is 476. The monoisotopic (exact) mass is 250 g/mol. The average molecular weight is 250 g/mol. The molecule has 0 aliphatic heterocycles. The van der Waals surface area contributed by atoms with Crippen LogP contribution in [0.25, 0.3) is 0 Å². The van der Waals surface area contributed by atoms with Crippen molar-refractivity contribution in [1.29, 1.82) is 0 Å². The van der Waals surface area contributed by atoms with Gasteiger partial charge in [-0.2, -0.15) is 15.4 Å². The van der Waals surface area contributed by atoms with Crippen molar-refractivity contribution >= 4 is 17.2 Å². The minimum atomic E-state index is -0.205. The lowest BCUT2D eigenvalue weighted by Gasteiger charge is -2.23. The van der Waals surface area contributed by atoms with E-state index < -0.39 is 0 Å². The number of carbonyl (C=O) groups excluding carboxylic acids is 1. The van der Waals surface area contributed by atoms with E-state index in [1.54, 1.807) is 11.3 Å². The lowest BCUT2D eigenvalue weighted by atomic mass is 9.91. The molecule has 0 fully saturated rings. The molecule has 6 heteroatoms. The van der Waals surface area contributed by atoms with E-state index in [1.807, 2.05) is 11.4 Å². The Labute approximate surface area is 103 Å². The Morgan fingerprint density at radius 1 is 1.59 bits per heavy atom. The van der Waals surface area contributed by atoms with E-state index in [0.717, 1.165) is 0 Å². The SMILES string of the molecule is CC(C)(CNC(=O)c1cn[nH]n1)c1cccs1. The van der Waals surface area contributed by atoms with Crippen LogP contribution in [0.1, 0.15) is 29.2 Å². The molecule has 2 aromatic rings. The van der Waals surface area contributed by atoms with Crippen molar-refractivity contribution in [2.24, 2.45) is 0 Å². The Morgan fingerprint density at radius 2 is 2.41 bits per heavy atom. The van der Waals surface area contributed by atoms with Crippen molar-refractivity contribution < 1.29 is 4.79 Å². The molecular formula is C11H14N4OS. The molecule has 0 unspecified atom stereocenters. The van der Waals surface area contributed by atoms with Crippen molar-refractivity contribution in [3.63, 3.8) is 0 Å².